The Balaban J connectivity index is 2.73. The molecule has 0 saturated carbocycles. The molecular formula is C8H19BNO2. The second-order valence-electron chi connectivity index (χ2n) is 2.69. The molecule has 0 fully saturated rings. The van der Waals surface area contributed by atoms with Crippen LogP contribution in [-0.4, -0.2) is 27.4 Å². The standard InChI is InChI=1S/C8H19BNO2/c1-2-3-7-11-9-12-8-5-4-6-10/h2-8,10H2,1H3. The van der Waals surface area contributed by atoms with Crippen LogP contribution in [0, 0.1) is 0 Å². The Labute approximate surface area is 75.9 Å². The first-order chi connectivity index (χ1) is 5.91. The Morgan fingerprint density at radius 1 is 1.08 bits per heavy atom. The lowest BCUT2D eigenvalue weighted by Gasteiger charge is -2.02. The van der Waals surface area contributed by atoms with Gasteiger partial charge in [-0.15, -0.1) is 0 Å². The average Bonchev–Trinajstić information content (AvgIpc) is 2.10. The van der Waals surface area contributed by atoms with Crippen molar-refractivity contribution in [3.63, 3.8) is 0 Å². The molecule has 3 nitrogen and oxygen atoms in total. The predicted octanol–water partition coefficient (Wildman–Crippen LogP) is 1.09. The molecule has 71 valence electrons. The molecule has 0 heterocycles. The van der Waals surface area contributed by atoms with E-state index in [-0.39, 0.29) is 0 Å². The van der Waals surface area contributed by atoms with Crippen LogP contribution in [0.25, 0.3) is 0 Å². The third-order valence-corrected chi connectivity index (χ3v) is 1.47. The van der Waals surface area contributed by atoms with Crippen molar-refractivity contribution < 1.29 is 9.31 Å². The number of hydrogen-bond acceptors (Lipinski definition) is 3. The Hall–Kier alpha value is -0.0551. The van der Waals surface area contributed by atoms with E-state index in [2.05, 4.69) is 6.92 Å². The van der Waals surface area contributed by atoms with Gasteiger partial charge in [0.05, 0.1) is 0 Å². The minimum absolute atomic E-state index is 0.712. The maximum atomic E-state index is 5.31. The van der Waals surface area contributed by atoms with E-state index in [0.717, 1.165) is 38.8 Å². The fourth-order valence-electron chi connectivity index (χ4n) is 0.702. The van der Waals surface area contributed by atoms with Gasteiger partial charge in [-0.3, -0.25) is 0 Å². The summed E-state index contributed by atoms with van der Waals surface area (Å²) >= 11 is 0. The first-order valence-electron chi connectivity index (χ1n) is 4.66. The van der Waals surface area contributed by atoms with E-state index in [1.165, 1.54) is 7.69 Å². The molecule has 1 radical (unpaired) electrons. The molecule has 0 atom stereocenters. The van der Waals surface area contributed by atoms with Gasteiger partial charge in [0, 0.05) is 13.2 Å². The van der Waals surface area contributed by atoms with E-state index < -0.39 is 0 Å². The first-order valence-corrected chi connectivity index (χ1v) is 4.66. The summed E-state index contributed by atoms with van der Waals surface area (Å²) in [6, 6.07) is 0. The quantitative estimate of drug-likeness (QED) is 0.418. The van der Waals surface area contributed by atoms with Crippen molar-refractivity contribution in [2.24, 2.45) is 5.73 Å². The highest BCUT2D eigenvalue weighted by Gasteiger charge is 1.93. The number of rotatable bonds is 9. The van der Waals surface area contributed by atoms with Gasteiger partial charge < -0.3 is 15.0 Å². The number of hydrogen-bond donors (Lipinski definition) is 1. The second-order valence-corrected chi connectivity index (χ2v) is 2.69. The lowest BCUT2D eigenvalue weighted by molar-refractivity contribution is 0.216. The van der Waals surface area contributed by atoms with Crippen molar-refractivity contribution in [2.45, 2.75) is 32.6 Å². The van der Waals surface area contributed by atoms with Crippen molar-refractivity contribution in [3.8, 4) is 0 Å². The van der Waals surface area contributed by atoms with Gasteiger partial charge in [-0.1, -0.05) is 13.3 Å². The zero-order valence-corrected chi connectivity index (χ0v) is 7.92. The van der Waals surface area contributed by atoms with E-state index in [4.69, 9.17) is 15.0 Å². The highest BCUT2D eigenvalue weighted by atomic mass is 16.6. The topological polar surface area (TPSA) is 44.5 Å². The lowest BCUT2D eigenvalue weighted by Crippen LogP contribution is -2.08. The normalized spacial score (nSPS) is 10.2. The minimum Gasteiger partial charge on any atom is -0.413 e. The molecule has 0 aliphatic rings. The Kier molecular flexibility index (Phi) is 10.9. The molecule has 0 rings (SSSR count). The molecule has 0 aromatic rings. The van der Waals surface area contributed by atoms with Gasteiger partial charge >= 0.3 is 7.69 Å². The molecular weight excluding hydrogens is 153 g/mol. The van der Waals surface area contributed by atoms with E-state index >= 15 is 0 Å². The Morgan fingerprint density at radius 2 is 1.75 bits per heavy atom. The fraction of sp³-hybridized carbons (Fsp3) is 1.00. The summed E-state index contributed by atoms with van der Waals surface area (Å²) in [6.45, 7) is 4.34. The summed E-state index contributed by atoms with van der Waals surface area (Å²) in [6.07, 6.45) is 4.26. The highest BCUT2D eigenvalue weighted by Crippen LogP contribution is 1.89. The van der Waals surface area contributed by atoms with E-state index in [9.17, 15) is 0 Å². The SMILES string of the molecule is CCCCO[B]OCCCCN. The van der Waals surface area contributed by atoms with Crippen LogP contribution in [0.5, 0.6) is 0 Å². The van der Waals surface area contributed by atoms with E-state index in [1.807, 2.05) is 0 Å². The number of nitrogens with two attached hydrogens (primary N) is 1. The van der Waals surface area contributed by atoms with Crippen molar-refractivity contribution >= 4 is 7.69 Å². The summed E-state index contributed by atoms with van der Waals surface area (Å²) in [4.78, 5) is 0. The van der Waals surface area contributed by atoms with Crippen molar-refractivity contribution in [2.75, 3.05) is 19.8 Å². The van der Waals surface area contributed by atoms with Gasteiger partial charge in [0.15, 0.2) is 0 Å². The Bertz CT molecular complexity index is 73.5. The van der Waals surface area contributed by atoms with Gasteiger partial charge in [-0.25, -0.2) is 0 Å². The molecule has 4 heteroatoms. The van der Waals surface area contributed by atoms with Gasteiger partial charge in [0.1, 0.15) is 0 Å². The monoisotopic (exact) mass is 172 g/mol. The minimum atomic E-state index is 0.712. The van der Waals surface area contributed by atoms with Crippen LogP contribution in [-0.2, 0) is 9.31 Å². The molecule has 0 aliphatic heterocycles. The maximum Gasteiger partial charge on any atom is 0.487 e. The third-order valence-electron chi connectivity index (χ3n) is 1.47. The molecule has 0 aromatic heterocycles. The average molecular weight is 172 g/mol. The molecule has 0 aliphatic carbocycles. The third kappa shape index (κ3) is 9.94. The molecule has 0 bridgehead atoms. The molecule has 0 saturated heterocycles. The molecule has 0 spiro atoms. The van der Waals surface area contributed by atoms with Gasteiger partial charge in [-0.05, 0) is 25.8 Å². The maximum absolute atomic E-state index is 5.31. The predicted molar refractivity (Wildman–Crippen MR) is 50.9 cm³/mol. The zero-order valence-electron chi connectivity index (χ0n) is 7.92. The van der Waals surface area contributed by atoms with Crippen LogP contribution in [0.3, 0.4) is 0 Å². The number of unbranched alkanes of at least 4 members (excludes halogenated alkanes) is 2. The highest BCUT2D eigenvalue weighted by molar-refractivity contribution is 6.17. The van der Waals surface area contributed by atoms with Crippen molar-refractivity contribution in [3.05, 3.63) is 0 Å². The molecule has 0 amide bonds. The summed E-state index contributed by atoms with van der Waals surface area (Å²) in [7, 11) is 1.44. The van der Waals surface area contributed by atoms with Crippen molar-refractivity contribution in [1.29, 1.82) is 0 Å². The van der Waals surface area contributed by atoms with Gasteiger partial charge in [0.25, 0.3) is 0 Å². The molecule has 0 aromatic carbocycles. The van der Waals surface area contributed by atoms with Crippen LogP contribution in [0.15, 0.2) is 0 Å². The molecule has 12 heavy (non-hydrogen) atoms. The lowest BCUT2D eigenvalue weighted by atomic mass is 10.3. The fourth-order valence-corrected chi connectivity index (χ4v) is 0.702. The summed E-state index contributed by atoms with van der Waals surface area (Å²) in [5.41, 5.74) is 5.31. The molecule has 2 N–H and O–H groups in total. The van der Waals surface area contributed by atoms with Crippen LogP contribution in [0.2, 0.25) is 0 Å². The van der Waals surface area contributed by atoms with Gasteiger partial charge in [-0.2, -0.15) is 0 Å². The van der Waals surface area contributed by atoms with Crippen LogP contribution >= 0.6 is 0 Å². The molecule has 0 unspecified atom stereocenters. The van der Waals surface area contributed by atoms with Crippen LogP contribution < -0.4 is 5.73 Å². The van der Waals surface area contributed by atoms with Crippen molar-refractivity contribution in [1.82, 2.24) is 0 Å². The summed E-state index contributed by atoms with van der Waals surface area (Å²) in [5.74, 6) is 0. The van der Waals surface area contributed by atoms with Gasteiger partial charge in [0.2, 0.25) is 0 Å². The smallest absolute Gasteiger partial charge is 0.413 e. The zero-order chi connectivity index (χ0) is 9.07. The first kappa shape index (κ1) is 11.9. The largest absolute Gasteiger partial charge is 0.487 e. The summed E-state index contributed by atoms with van der Waals surface area (Å²) < 4.78 is 10.2. The van der Waals surface area contributed by atoms with Crippen LogP contribution in [0.4, 0.5) is 0 Å². The second kappa shape index (κ2) is 10.9. The Morgan fingerprint density at radius 3 is 2.33 bits per heavy atom. The van der Waals surface area contributed by atoms with E-state index in [0.29, 0.717) is 6.61 Å². The van der Waals surface area contributed by atoms with Crippen LogP contribution in [0.1, 0.15) is 32.6 Å². The van der Waals surface area contributed by atoms with E-state index in [1.54, 1.807) is 0 Å². The summed E-state index contributed by atoms with van der Waals surface area (Å²) in [5, 5.41) is 0.